The number of benzene rings is 2. The molecule has 4 aromatic rings. The number of primary amides is 1. The third-order valence-corrected chi connectivity index (χ3v) is 6.57. The fourth-order valence-corrected chi connectivity index (χ4v) is 4.60. The summed E-state index contributed by atoms with van der Waals surface area (Å²) in [4.78, 5) is 27.4. The number of amides is 1. The number of carbonyl (C=O) groups excluding carboxylic acids is 1. The standard InChI is InChI=1S/C27H29FN6O2/c28-20-4-9-24-23(17-20)19(18-31-24)3-1-2-12-33-13-15-34(16-14-33)21-5-7-22(8-6-21)36-27-30-11-10-25(32-27)26(29)35/h4-11,17-18,31H,1-3,12-16H2,(H2,29,35). The van der Waals surface area contributed by atoms with Gasteiger partial charge in [0.25, 0.3) is 5.91 Å². The van der Waals surface area contributed by atoms with E-state index in [-0.39, 0.29) is 17.5 Å². The number of hydrogen-bond acceptors (Lipinski definition) is 6. The Balaban J connectivity index is 1.06. The quantitative estimate of drug-likeness (QED) is 0.344. The van der Waals surface area contributed by atoms with Gasteiger partial charge in [-0.25, -0.2) is 9.37 Å². The molecule has 5 rings (SSSR count). The van der Waals surface area contributed by atoms with Gasteiger partial charge in [-0.3, -0.25) is 9.69 Å². The van der Waals surface area contributed by atoms with Crippen LogP contribution >= 0.6 is 0 Å². The number of H-pyrrole nitrogens is 1. The lowest BCUT2D eigenvalue weighted by Gasteiger charge is -2.36. The predicted molar refractivity (Wildman–Crippen MR) is 137 cm³/mol. The number of piperazine rings is 1. The number of rotatable bonds is 9. The largest absolute Gasteiger partial charge is 0.424 e. The van der Waals surface area contributed by atoms with Crippen LogP contribution in [0, 0.1) is 5.82 Å². The molecule has 0 radical (unpaired) electrons. The van der Waals surface area contributed by atoms with Crippen LogP contribution in [0.3, 0.4) is 0 Å². The number of carbonyl (C=O) groups is 1. The van der Waals surface area contributed by atoms with Gasteiger partial charge in [0.05, 0.1) is 0 Å². The number of unbranched alkanes of at least 4 members (excludes halogenated alkanes) is 1. The first-order valence-electron chi connectivity index (χ1n) is 12.2. The van der Waals surface area contributed by atoms with Crippen molar-refractivity contribution < 1.29 is 13.9 Å². The molecule has 3 heterocycles. The number of ether oxygens (including phenoxy) is 1. The first-order chi connectivity index (χ1) is 17.5. The normalized spacial score (nSPS) is 14.3. The fraction of sp³-hybridized carbons (Fsp3) is 0.296. The van der Waals surface area contributed by atoms with E-state index in [0.717, 1.165) is 68.6 Å². The SMILES string of the molecule is NC(=O)c1ccnc(Oc2ccc(N3CCN(CCCCc4c[nH]c5ccc(F)cc45)CC3)cc2)n1. The van der Waals surface area contributed by atoms with Crippen LogP contribution in [-0.4, -0.2) is 58.5 Å². The Bertz CT molecular complexity index is 1330. The van der Waals surface area contributed by atoms with Crippen LogP contribution in [0.2, 0.25) is 0 Å². The molecule has 1 aliphatic heterocycles. The molecule has 8 nitrogen and oxygen atoms in total. The zero-order chi connectivity index (χ0) is 24.9. The Morgan fingerprint density at radius 3 is 2.64 bits per heavy atom. The number of anilines is 1. The van der Waals surface area contributed by atoms with E-state index in [1.165, 1.54) is 23.9 Å². The van der Waals surface area contributed by atoms with Crippen molar-refractivity contribution in [3.8, 4) is 11.8 Å². The zero-order valence-corrected chi connectivity index (χ0v) is 20.0. The molecule has 186 valence electrons. The second-order valence-corrected chi connectivity index (χ2v) is 8.97. The summed E-state index contributed by atoms with van der Waals surface area (Å²) in [7, 11) is 0. The number of nitrogens with two attached hydrogens (primary N) is 1. The molecule has 36 heavy (non-hydrogen) atoms. The predicted octanol–water partition coefficient (Wildman–Crippen LogP) is 4.13. The second kappa shape index (κ2) is 10.7. The first-order valence-corrected chi connectivity index (χ1v) is 12.2. The number of nitrogens with one attached hydrogen (secondary N) is 1. The summed E-state index contributed by atoms with van der Waals surface area (Å²) in [6.07, 6.45) is 6.60. The summed E-state index contributed by atoms with van der Waals surface area (Å²) in [5.41, 5.74) is 8.69. The van der Waals surface area contributed by atoms with Crippen LogP contribution in [0.25, 0.3) is 10.9 Å². The van der Waals surface area contributed by atoms with Gasteiger partial charge >= 0.3 is 6.01 Å². The molecule has 1 aliphatic rings. The monoisotopic (exact) mass is 488 g/mol. The van der Waals surface area contributed by atoms with Gasteiger partial charge in [-0.05, 0) is 79.9 Å². The van der Waals surface area contributed by atoms with Gasteiger partial charge < -0.3 is 20.4 Å². The molecule has 2 aromatic carbocycles. The van der Waals surface area contributed by atoms with E-state index in [9.17, 15) is 9.18 Å². The van der Waals surface area contributed by atoms with Crippen molar-refractivity contribution in [3.05, 3.63) is 78.0 Å². The number of aromatic nitrogens is 3. The summed E-state index contributed by atoms with van der Waals surface area (Å²) < 4.78 is 19.2. The smallest absolute Gasteiger partial charge is 0.322 e. The van der Waals surface area contributed by atoms with Gasteiger partial charge in [0.2, 0.25) is 0 Å². The summed E-state index contributed by atoms with van der Waals surface area (Å²) in [6.45, 7) is 5.04. The molecule has 1 saturated heterocycles. The number of aromatic amines is 1. The lowest BCUT2D eigenvalue weighted by atomic mass is 10.1. The molecule has 0 spiro atoms. The molecular formula is C27H29FN6O2. The maximum Gasteiger partial charge on any atom is 0.322 e. The van der Waals surface area contributed by atoms with Crippen LogP contribution in [0.4, 0.5) is 10.1 Å². The van der Waals surface area contributed by atoms with E-state index in [2.05, 4.69) is 24.8 Å². The second-order valence-electron chi connectivity index (χ2n) is 8.97. The highest BCUT2D eigenvalue weighted by molar-refractivity contribution is 5.90. The number of halogens is 1. The Morgan fingerprint density at radius 2 is 1.86 bits per heavy atom. The molecule has 0 atom stereocenters. The van der Waals surface area contributed by atoms with Crippen LogP contribution < -0.4 is 15.4 Å². The highest BCUT2D eigenvalue weighted by atomic mass is 19.1. The van der Waals surface area contributed by atoms with Crippen molar-refractivity contribution in [2.24, 2.45) is 5.73 Å². The Hall–Kier alpha value is -3.98. The van der Waals surface area contributed by atoms with Crippen molar-refractivity contribution in [1.29, 1.82) is 0 Å². The summed E-state index contributed by atoms with van der Waals surface area (Å²) >= 11 is 0. The molecule has 9 heteroatoms. The average molecular weight is 489 g/mol. The molecule has 0 aliphatic carbocycles. The minimum atomic E-state index is -0.622. The molecule has 3 N–H and O–H groups in total. The topological polar surface area (TPSA) is 100 Å². The number of nitrogens with zero attached hydrogens (tertiary/aromatic N) is 4. The van der Waals surface area contributed by atoms with Gasteiger partial charge in [-0.15, -0.1) is 0 Å². The Morgan fingerprint density at radius 1 is 1.06 bits per heavy atom. The minimum Gasteiger partial charge on any atom is -0.424 e. The van der Waals surface area contributed by atoms with Crippen molar-refractivity contribution in [3.63, 3.8) is 0 Å². The van der Waals surface area contributed by atoms with Crippen LogP contribution in [0.1, 0.15) is 28.9 Å². The van der Waals surface area contributed by atoms with E-state index >= 15 is 0 Å². The Labute approximate surface area is 208 Å². The fourth-order valence-electron chi connectivity index (χ4n) is 4.60. The zero-order valence-electron chi connectivity index (χ0n) is 20.0. The average Bonchev–Trinajstić information content (AvgIpc) is 3.29. The van der Waals surface area contributed by atoms with Crippen molar-refractivity contribution in [2.75, 3.05) is 37.6 Å². The van der Waals surface area contributed by atoms with E-state index in [0.29, 0.717) is 5.75 Å². The van der Waals surface area contributed by atoms with Crippen molar-refractivity contribution >= 4 is 22.5 Å². The number of aryl methyl sites for hydroxylation is 1. The van der Waals surface area contributed by atoms with E-state index in [1.54, 1.807) is 12.1 Å². The van der Waals surface area contributed by atoms with Gasteiger partial charge in [-0.1, -0.05) is 0 Å². The molecule has 1 fully saturated rings. The molecule has 0 bridgehead atoms. The van der Waals surface area contributed by atoms with E-state index in [1.807, 2.05) is 30.5 Å². The molecule has 0 unspecified atom stereocenters. The molecular weight excluding hydrogens is 459 g/mol. The van der Waals surface area contributed by atoms with Gasteiger partial charge in [0.1, 0.15) is 17.3 Å². The van der Waals surface area contributed by atoms with Crippen LogP contribution in [0.5, 0.6) is 11.8 Å². The van der Waals surface area contributed by atoms with Crippen molar-refractivity contribution in [2.45, 2.75) is 19.3 Å². The first kappa shape index (κ1) is 23.7. The lowest BCUT2D eigenvalue weighted by Crippen LogP contribution is -2.46. The van der Waals surface area contributed by atoms with E-state index in [4.69, 9.17) is 10.5 Å². The summed E-state index contributed by atoms with van der Waals surface area (Å²) in [5, 5.41) is 0.992. The van der Waals surface area contributed by atoms with E-state index < -0.39 is 5.91 Å². The van der Waals surface area contributed by atoms with Crippen LogP contribution in [0.15, 0.2) is 60.9 Å². The van der Waals surface area contributed by atoms with Gasteiger partial charge in [-0.2, -0.15) is 4.98 Å². The molecule has 1 amide bonds. The highest BCUT2D eigenvalue weighted by Crippen LogP contribution is 2.24. The minimum absolute atomic E-state index is 0.0875. The molecule has 2 aromatic heterocycles. The van der Waals surface area contributed by atoms with Crippen LogP contribution in [-0.2, 0) is 6.42 Å². The molecule has 0 saturated carbocycles. The third-order valence-electron chi connectivity index (χ3n) is 6.57. The summed E-state index contributed by atoms with van der Waals surface area (Å²) in [6, 6.07) is 14.2. The van der Waals surface area contributed by atoms with Gasteiger partial charge in [0.15, 0.2) is 0 Å². The summed E-state index contributed by atoms with van der Waals surface area (Å²) in [5.74, 6) is -0.216. The number of fused-ring (bicyclic) bond motifs is 1. The maximum atomic E-state index is 13.6. The highest BCUT2D eigenvalue weighted by Gasteiger charge is 2.17. The van der Waals surface area contributed by atoms with Gasteiger partial charge in [0, 0.05) is 55.2 Å². The lowest BCUT2D eigenvalue weighted by molar-refractivity contribution is 0.0994. The Kier molecular flexibility index (Phi) is 7.08. The number of hydrogen-bond donors (Lipinski definition) is 2. The third kappa shape index (κ3) is 5.63. The van der Waals surface area contributed by atoms with Crippen molar-refractivity contribution in [1.82, 2.24) is 19.9 Å². The maximum absolute atomic E-state index is 13.6.